The fraction of sp³-hybridized carbons (Fsp3) is 0.400. The molecule has 84 valence electrons. The van der Waals surface area contributed by atoms with E-state index in [-0.39, 0.29) is 6.61 Å². The maximum Gasteiger partial charge on any atom is 0.137 e. The molecule has 3 N–H and O–H groups in total. The normalized spacial score (nSPS) is 12.4. The van der Waals surface area contributed by atoms with Crippen LogP contribution < -0.4 is 10.5 Å². The van der Waals surface area contributed by atoms with Crippen LogP contribution in [0.25, 0.3) is 0 Å². The summed E-state index contributed by atoms with van der Waals surface area (Å²) < 4.78 is 16.9. The largest absolute Gasteiger partial charge is 0.495 e. The summed E-state index contributed by atoms with van der Waals surface area (Å²) in [4.78, 5) is 0.625. The second kappa shape index (κ2) is 5.72. The Morgan fingerprint density at radius 1 is 1.53 bits per heavy atom. The van der Waals surface area contributed by atoms with Crippen LogP contribution in [0, 0.1) is 0 Å². The summed E-state index contributed by atoms with van der Waals surface area (Å²) >= 11 is 0. The van der Waals surface area contributed by atoms with E-state index < -0.39 is 10.8 Å². The summed E-state index contributed by atoms with van der Waals surface area (Å²) in [6, 6.07) is 5.03. The lowest BCUT2D eigenvalue weighted by Gasteiger charge is -2.08. The average Bonchev–Trinajstić information content (AvgIpc) is 2.25. The van der Waals surface area contributed by atoms with Crippen LogP contribution in [0.5, 0.6) is 5.75 Å². The van der Waals surface area contributed by atoms with E-state index in [9.17, 15) is 4.21 Å². The molecule has 0 heterocycles. The first-order chi connectivity index (χ1) is 7.19. The van der Waals surface area contributed by atoms with Crippen molar-refractivity contribution in [3.63, 3.8) is 0 Å². The predicted molar refractivity (Wildman–Crippen MR) is 60.4 cm³/mol. The Morgan fingerprint density at radius 3 is 2.87 bits per heavy atom. The molecule has 0 aliphatic carbocycles. The topological polar surface area (TPSA) is 72.5 Å². The van der Waals surface area contributed by atoms with Crippen molar-refractivity contribution in [1.29, 1.82) is 0 Å². The molecular weight excluding hydrogens is 214 g/mol. The molecule has 0 saturated heterocycles. The third kappa shape index (κ3) is 3.21. The number of rotatable bonds is 5. The summed E-state index contributed by atoms with van der Waals surface area (Å²) in [5.41, 5.74) is 6.16. The molecule has 1 rings (SSSR count). The van der Waals surface area contributed by atoms with Crippen LogP contribution in [0.1, 0.15) is 6.42 Å². The van der Waals surface area contributed by atoms with Crippen molar-refractivity contribution < 1.29 is 14.1 Å². The van der Waals surface area contributed by atoms with Gasteiger partial charge in [0.15, 0.2) is 0 Å². The lowest BCUT2D eigenvalue weighted by molar-refractivity contribution is 0.296. The van der Waals surface area contributed by atoms with Gasteiger partial charge in [0, 0.05) is 24.1 Å². The van der Waals surface area contributed by atoms with Gasteiger partial charge in [0.25, 0.3) is 0 Å². The zero-order valence-corrected chi connectivity index (χ0v) is 9.42. The third-order valence-corrected chi connectivity index (χ3v) is 3.41. The highest BCUT2D eigenvalue weighted by Gasteiger charge is 2.10. The molecule has 5 heteroatoms. The summed E-state index contributed by atoms with van der Waals surface area (Å²) in [6.07, 6.45) is 0.514. The van der Waals surface area contributed by atoms with E-state index in [4.69, 9.17) is 15.6 Å². The summed E-state index contributed by atoms with van der Waals surface area (Å²) in [6.45, 7) is 0.0447. The number of anilines is 1. The zero-order chi connectivity index (χ0) is 11.3. The zero-order valence-electron chi connectivity index (χ0n) is 8.60. The molecule has 0 spiro atoms. The smallest absolute Gasteiger partial charge is 0.137 e. The number of benzene rings is 1. The minimum absolute atomic E-state index is 0.0447. The number of methoxy groups -OCH3 is 1. The van der Waals surface area contributed by atoms with E-state index in [1.165, 1.54) is 7.11 Å². The number of ether oxygens (including phenoxy) is 1. The van der Waals surface area contributed by atoms with Gasteiger partial charge in [-0.15, -0.1) is 0 Å². The summed E-state index contributed by atoms with van der Waals surface area (Å²) in [5.74, 6) is 0.961. The van der Waals surface area contributed by atoms with Crippen molar-refractivity contribution in [2.75, 3.05) is 25.2 Å². The van der Waals surface area contributed by atoms with Crippen LogP contribution in [-0.4, -0.2) is 28.8 Å². The standard InChI is InChI=1S/C10H15NO3S/c1-14-9-7-8(11)3-4-10(9)15(13)6-2-5-12/h3-4,7,12H,2,5-6,11H2,1H3. The monoisotopic (exact) mass is 229 g/mol. The van der Waals surface area contributed by atoms with Gasteiger partial charge in [-0.3, -0.25) is 4.21 Å². The first kappa shape index (κ1) is 12.0. The van der Waals surface area contributed by atoms with Gasteiger partial charge in [0.2, 0.25) is 0 Å². The number of nitrogens with two attached hydrogens (primary N) is 1. The van der Waals surface area contributed by atoms with Crippen molar-refractivity contribution in [3.05, 3.63) is 18.2 Å². The maximum absolute atomic E-state index is 11.8. The second-order valence-corrected chi connectivity index (χ2v) is 4.58. The van der Waals surface area contributed by atoms with Crippen LogP contribution in [0.15, 0.2) is 23.1 Å². The molecule has 1 aromatic rings. The average molecular weight is 229 g/mol. The molecule has 1 atom stereocenters. The van der Waals surface area contributed by atoms with Crippen LogP contribution in [0.4, 0.5) is 5.69 Å². The SMILES string of the molecule is COc1cc(N)ccc1S(=O)CCCO. The van der Waals surface area contributed by atoms with E-state index in [1.807, 2.05) is 0 Å². The first-order valence-corrected chi connectivity index (χ1v) is 5.93. The number of hydrogen-bond acceptors (Lipinski definition) is 4. The second-order valence-electron chi connectivity index (χ2n) is 3.04. The molecule has 0 saturated carbocycles. The highest BCUT2D eigenvalue weighted by Crippen LogP contribution is 2.24. The predicted octanol–water partition coefficient (Wildman–Crippen LogP) is 0.767. The Bertz CT molecular complexity index is 355. The third-order valence-electron chi connectivity index (χ3n) is 1.92. The van der Waals surface area contributed by atoms with Gasteiger partial charge in [0.05, 0.1) is 22.8 Å². The fourth-order valence-electron chi connectivity index (χ4n) is 1.18. The lowest BCUT2D eigenvalue weighted by Crippen LogP contribution is -2.03. The Morgan fingerprint density at radius 2 is 2.27 bits per heavy atom. The number of hydrogen-bond donors (Lipinski definition) is 2. The lowest BCUT2D eigenvalue weighted by atomic mass is 10.3. The Hall–Kier alpha value is -1.07. The minimum Gasteiger partial charge on any atom is -0.495 e. The van der Waals surface area contributed by atoms with Crippen LogP contribution in [0.2, 0.25) is 0 Å². The molecule has 1 aromatic carbocycles. The molecule has 0 fully saturated rings. The molecule has 4 nitrogen and oxygen atoms in total. The molecule has 0 aliphatic heterocycles. The summed E-state index contributed by atoms with van der Waals surface area (Å²) in [7, 11) is 0.372. The Balaban J connectivity index is 2.87. The van der Waals surface area contributed by atoms with Crippen molar-refractivity contribution >= 4 is 16.5 Å². The van der Waals surface area contributed by atoms with E-state index in [2.05, 4.69) is 0 Å². The van der Waals surface area contributed by atoms with Crippen molar-refractivity contribution in [1.82, 2.24) is 0 Å². The highest BCUT2D eigenvalue weighted by atomic mass is 32.2. The number of aliphatic hydroxyl groups is 1. The van der Waals surface area contributed by atoms with E-state index >= 15 is 0 Å². The van der Waals surface area contributed by atoms with Crippen LogP contribution in [0.3, 0.4) is 0 Å². The fourth-order valence-corrected chi connectivity index (χ4v) is 2.38. The van der Waals surface area contributed by atoms with Gasteiger partial charge in [-0.2, -0.15) is 0 Å². The van der Waals surface area contributed by atoms with Gasteiger partial charge >= 0.3 is 0 Å². The Kier molecular flexibility index (Phi) is 4.58. The molecule has 0 amide bonds. The Labute approximate surface area is 91.5 Å². The highest BCUT2D eigenvalue weighted by molar-refractivity contribution is 7.85. The number of nitrogen functional groups attached to an aromatic ring is 1. The first-order valence-electron chi connectivity index (χ1n) is 4.61. The molecule has 15 heavy (non-hydrogen) atoms. The molecule has 0 radical (unpaired) electrons. The van der Waals surface area contributed by atoms with Crippen molar-refractivity contribution in [2.24, 2.45) is 0 Å². The van der Waals surface area contributed by atoms with Crippen LogP contribution >= 0.6 is 0 Å². The van der Waals surface area contributed by atoms with Gasteiger partial charge in [0.1, 0.15) is 5.75 Å². The van der Waals surface area contributed by atoms with Crippen molar-refractivity contribution in [3.8, 4) is 5.75 Å². The quantitative estimate of drug-likeness (QED) is 0.731. The van der Waals surface area contributed by atoms with Gasteiger partial charge < -0.3 is 15.6 Å². The van der Waals surface area contributed by atoms with Gasteiger partial charge in [-0.25, -0.2) is 0 Å². The van der Waals surface area contributed by atoms with E-state index in [0.717, 1.165) is 0 Å². The maximum atomic E-state index is 11.8. The number of aliphatic hydroxyl groups excluding tert-OH is 1. The molecule has 0 aliphatic rings. The van der Waals surface area contributed by atoms with Gasteiger partial charge in [-0.05, 0) is 18.6 Å². The van der Waals surface area contributed by atoms with Crippen molar-refractivity contribution in [2.45, 2.75) is 11.3 Å². The molecule has 1 unspecified atom stereocenters. The summed E-state index contributed by atoms with van der Waals surface area (Å²) in [5, 5.41) is 8.65. The molecular formula is C10H15NO3S. The van der Waals surface area contributed by atoms with E-state index in [1.54, 1.807) is 18.2 Å². The van der Waals surface area contributed by atoms with E-state index in [0.29, 0.717) is 28.5 Å². The minimum atomic E-state index is -1.14. The molecule has 0 aromatic heterocycles. The van der Waals surface area contributed by atoms with Gasteiger partial charge in [-0.1, -0.05) is 0 Å². The van der Waals surface area contributed by atoms with Crippen LogP contribution in [-0.2, 0) is 10.8 Å². The molecule has 0 bridgehead atoms.